The molecule has 1 aliphatic carbocycles. The maximum absolute atomic E-state index is 2.30. The number of rotatable bonds is 0. The standard InChI is InChI=1S/C14H11.K/c1-2-6-12-10-14-8-4-3-7-13(14)9-11(12)5-1;/h1-7,9-10H,8H2;/q-1;+1. The fourth-order valence-electron chi connectivity index (χ4n) is 2.00. The molecule has 0 unspecified atom stereocenters. The molecule has 3 rings (SSSR count). The van der Waals surface area contributed by atoms with Gasteiger partial charge in [-0.3, -0.25) is 0 Å². The molecule has 0 aliphatic heterocycles. The first kappa shape index (κ1) is 11.4. The third-order valence-corrected chi connectivity index (χ3v) is 2.76. The molecule has 2 aromatic rings. The van der Waals surface area contributed by atoms with Gasteiger partial charge in [0.1, 0.15) is 0 Å². The van der Waals surface area contributed by atoms with E-state index in [1.165, 1.54) is 21.9 Å². The fourth-order valence-corrected chi connectivity index (χ4v) is 2.00. The van der Waals surface area contributed by atoms with Gasteiger partial charge >= 0.3 is 51.4 Å². The van der Waals surface area contributed by atoms with Gasteiger partial charge in [0.05, 0.1) is 0 Å². The molecule has 2 aromatic carbocycles. The van der Waals surface area contributed by atoms with Crippen LogP contribution in [0.3, 0.4) is 0 Å². The van der Waals surface area contributed by atoms with Gasteiger partial charge in [0, 0.05) is 0 Å². The molecule has 0 amide bonds. The van der Waals surface area contributed by atoms with Crippen molar-refractivity contribution in [2.45, 2.75) is 6.42 Å². The van der Waals surface area contributed by atoms with Gasteiger partial charge in [-0.25, -0.2) is 0 Å². The molecule has 0 N–H and O–H groups in total. The van der Waals surface area contributed by atoms with E-state index >= 15 is 0 Å². The second kappa shape index (κ2) is 4.85. The van der Waals surface area contributed by atoms with Crippen LogP contribution in [0.5, 0.6) is 0 Å². The average Bonchev–Trinajstić information content (AvgIpc) is 2.26. The number of hydrogen-bond donors (Lipinski definition) is 0. The first-order chi connectivity index (χ1) is 6.93. The first-order valence-corrected chi connectivity index (χ1v) is 4.95. The number of allylic oxidation sites excluding steroid dienone is 2. The van der Waals surface area contributed by atoms with Crippen LogP contribution >= 0.6 is 0 Å². The maximum atomic E-state index is 2.30. The van der Waals surface area contributed by atoms with E-state index in [-0.39, 0.29) is 51.4 Å². The van der Waals surface area contributed by atoms with Crippen LogP contribution in [0.25, 0.3) is 10.8 Å². The fraction of sp³-hybridized carbons (Fsp3) is 0.0714. The van der Waals surface area contributed by atoms with Gasteiger partial charge in [-0.2, -0.15) is 6.08 Å². The summed E-state index contributed by atoms with van der Waals surface area (Å²) >= 11 is 0. The predicted octanol–water partition coefficient (Wildman–Crippen LogP) is 0.508. The zero-order valence-electron chi connectivity index (χ0n) is 8.90. The Morgan fingerprint density at radius 1 is 1.00 bits per heavy atom. The zero-order valence-corrected chi connectivity index (χ0v) is 12.0. The van der Waals surface area contributed by atoms with Crippen molar-refractivity contribution in [1.82, 2.24) is 0 Å². The number of hydrogen-bond acceptors (Lipinski definition) is 0. The third-order valence-electron chi connectivity index (χ3n) is 2.76. The van der Waals surface area contributed by atoms with Crippen molar-refractivity contribution in [3.05, 3.63) is 66.1 Å². The molecule has 0 nitrogen and oxygen atoms in total. The Morgan fingerprint density at radius 3 is 2.53 bits per heavy atom. The molecule has 1 aliphatic rings. The molecule has 15 heavy (non-hydrogen) atoms. The minimum Gasteiger partial charge on any atom is -0.159 e. The van der Waals surface area contributed by atoms with Crippen LogP contribution in [0, 0.1) is 6.42 Å². The summed E-state index contributed by atoms with van der Waals surface area (Å²) in [5.41, 5.74) is 2.80. The Labute approximate surface area is 133 Å². The Hall–Kier alpha value is -0.0536. The van der Waals surface area contributed by atoms with Crippen molar-refractivity contribution in [2.24, 2.45) is 0 Å². The van der Waals surface area contributed by atoms with Crippen LogP contribution in [0.4, 0.5) is 0 Å². The summed E-state index contributed by atoms with van der Waals surface area (Å²) in [7, 11) is 0. The van der Waals surface area contributed by atoms with Gasteiger partial charge in [-0.1, -0.05) is 42.1 Å². The molecule has 0 atom stereocenters. The van der Waals surface area contributed by atoms with Crippen LogP contribution in [0.1, 0.15) is 11.1 Å². The van der Waals surface area contributed by atoms with E-state index in [9.17, 15) is 0 Å². The molecule has 0 bridgehead atoms. The molecule has 68 valence electrons. The molecular weight excluding hydrogens is 207 g/mol. The van der Waals surface area contributed by atoms with Crippen LogP contribution in [0.15, 0.2) is 48.6 Å². The largest absolute Gasteiger partial charge is 1.00 e. The second-order valence-electron chi connectivity index (χ2n) is 3.70. The summed E-state index contributed by atoms with van der Waals surface area (Å²) in [5, 5.41) is 2.67. The minimum atomic E-state index is 0. The van der Waals surface area contributed by atoms with Gasteiger partial charge in [-0.15, -0.1) is 29.7 Å². The van der Waals surface area contributed by atoms with Crippen LogP contribution < -0.4 is 51.4 Å². The van der Waals surface area contributed by atoms with Crippen molar-refractivity contribution < 1.29 is 51.4 Å². The van der Waals surface area contributed by atoms with Crippen LogP contribution in [-0.4, -0.2) is 0 Å². The minimum absolute atomic E-state index is 0. The quantitative estimate of drug-likeness (QED) is 0.446. The van der Waals surface area contributed by atoms with E-state index < -0.39 is 0 Å². The third kappa shape index (κ3) is 2.22. The van der Waals surface area contributed by atoms with Crippen molar-refractivity contribution in [2.75, 3.05) is 0 Å². The van der Waals surface area contributed by atoms with Gasteiger partial charge in [0.15, 0.2) is 0 Å². The van der Waals surface area contributed by atoms with Crippen molar-refractivity contribution in [3.8, 4) is 0 Å². The maximum Gasteiger partial charge on any atom is 1.00 e. The number of benzene rings is 2. The molecule has 0 spiro atoms. The molecule has 0 radical (unpaired) electrons. The molecule has 0 heterocycles. The summed E-state index contributed by atoms with van der Waals surface area (Å²) in [5.74, 6) is 0. The monoisotopic (exact) mass is 218 g/mol. The van der Waals surface area contributed by atoms with E-state index in [4.69, 9.17) is 0 Å². The normalized spacial score (nSPS) is 12.8. The van der Waals surface area contributed by atoms with Crippen molar-refractivity contribution >= 4 is 10.8 Å². The average molecular weight is 218 g/mol. The van der Waals surface area contributed by atoms with E-state index in [2.05, 4.69) is 55.0 Å². The predicted molar refractivity (Wildman–Crippen MR) is 60.2 cm³/mol. The van der Waals surface area contributed by atoms with Crippen molar-refractivity contribution in [3.63, 3.8) is 0 Å². The zero-order chi connectivity index (χ0) is 9.38. The molecule has 0 saturated carbocycles. The summed E-state index contributed by atoms with van der Waals surface area (Å²) in [6, 6.07) is 13.1. The van der Waals surface area contributed by atoms with Gasteiger partial charge < -0.3 is 0 Å². The molecule has 1 heteroatoms. The Morgan fingerprint density at radius 2 is 1.73 bits per heavy atom. The van der Waals surface area contributed by atoms with E-state index in [0.717, 1.165) is 6.42 Å². The summed E-state index contributed by atoms with van der Waals surface area (Å²) in [4.78, 5) is 0. The van der Waals surface area contributed by atoms with Gasteiger partial charge in [-0.05, 0) is 5.39 Å². The molecular formula is C14H11K. The smallest absolute Gasteiger partial charge is 0.159 e. The molecule has 0 saturated heterocycles. The SMILES string of the molecule is C1=CCc2cc3ccccc3cc2[CH-]1.[K+]. The summed E-state index contributed by atoms with van der Waals surface area (Å²) < 4.78 is 0. The topological polar surface area (TPSA) is 0 Å². The van der Waals surface area contributed by atoms with Crippen molar-refractivity contribution in [1.29, 1.82) is 0 Å². The Bertz CT molecular complexity index is 465. The summed E-state index contributed by atoms with van der Waals surface area (Å²) in [6.45, 7) is 0. The molecule has 0 aromatic heterocycles. The number of fused-ring (bicyclic) bond motifs is 2. The Kier molecular flexibility index (Phi) is 3.70. The van der Waals surface area contributed by atoms with Crippen LogP contribution in [-0.2, 0) is 6.42 Å². The van der Waals surface area contributed by atoms with Crippen LogP contribution in [0.2, 0.25) is 0 Å². The van der Waals surface area contributed by atoms with E-state index in [1.54, 1.807) is 0 Å². The van der Waals surface area contributed by atoms with E-state index in [1.807, 2.05) is 0 Å². The molecule has 0 fully saturated rings. The Balaban J connectivity index is 0.000000853. The van der Waals surface area contributed by atoms with Gasteiger partial charge in [0.25, 0.3) is 0 Å². The van der Waals surface area contributed by atoms with Gasteiger partial charge in [0.2, 0.25) is 0 Å². The second-order valence-corrected chi connectivity index (χ2v) is 3.70. The summed E-state index contributed by atoms with van der Waals surface area (Å²) in [6.07, 6.45) is 7.59. The van der Waals surface area contributed by atoms with E-state index in [0.29, 0.717) is 0 Å². The first-order valence-electron chi connectivity index (χ1n) is 4.95.